The third kappa shape index (κ3) is 6.99. The van der Waals surface area contributed by atoms with Crippen LogP contribution in [-0.2, 0) is 14.2 Å². The Kier molecular flexibility index (Phi) is 10.8. The number of rotatable bonds is 16. The first-order valence-electron chi connectivity index (χ1n) is 12.5. The summed E-state index contributed by atoms with van der Waals surface area (Å²) in [5, 5.41) is 0. The van der Waals surface area contributed by atoms with Crippen molar-refractivity contribution in [1.82, 2.24) is 0 Å². The molecular formula is C25H48O3. The standard InChI is InChI=1S/C25H48O3/c1-6-10-11-12-13-14-15-22(25(7-2,26-8-3)27-9-4)18-20(5)21-16-17-23-24(19-21)28-23/h20-24H,6-19H2,1-5H3. The zero-order valence-electron chi connectivity index (χ0n) is 19.5. The van der Waals surface area contributed by atoms with E-state index in [4.69, 9.17) is 14.2 Å². The van der Waals surface area contributed by atoms with Crippen LogP contribution in [0.25, 0.3) is 0 Å². The molecule has 1 saturated heterocycles. The van der Waals surface area contributed by atoms with Crippen molar-refractivity contribution in [2.45, 2.75) is 130 Å². The Morgan fingerprint density at radius 3 is 2.18 bits per heavy atom. The number of hydrogen-bond acceptors (Lipinski definition) is 3. The second kappa shape index (κ2) is 12.5. The maximum Gasteiger partial charge on any atom is 0.170 e. The third-order valence-electron chi connectivity index (χ3n) is 7.30. The molecule has 0 amide bonds. The van der Waals surface area contributed by atoms with Gasteiger partial charge in [-0.2, -0.15) is 0 Å². The molecule has 3 nitrogen and oxygen atoms in total. The molecular weight excluding hydrogens is 348 g/mol. The number of unbranched alkanes of at least 4 members (excludes halogenated alkanes) is 5. The van der Waals surface area contributed by atoms with Crippen LogP contribution >= 0.6 is 0 Å². The molecule has 2 aliphatic rings. The fourth-order valence-electron chi connectivity index (χ4n) is 5.54. The van der Waals surface area contributed by atoms with Gasteiger partial charge in [0.1, 0.15) is 0 Å². The molecule has 1 aliphatic carbocycles. The van der Waals surface area contributed by atoms with Gasteiger partial charge in [0.25, 0.3) is 0 Å². The smallest absolute Gasteiger partial charge is 0.170 e. The van der Waals surface area contributed by atoms with E-state index in [0.717, 1.165) is 31.5 Å². The van der Waals surface area contributed by atoms with Crippen molar-refractivity contribution in [3.63, 3.8) is 0 Å². The van der Waals surface area contributed by atoms with Crippen LogP contribution in [0.2, 0.25) is 0 Å². The van der Waals surface area contributed by atoms with Crippen LogP contribution in [0.4, 0.5) is 0 Å². The van der Waals surface area contributed by atoms with Crippen molar-refractivity contribution in [3.8, 4) is 0 Å². The van der Waals surface area contributed by atoms with Crippen LogP contribution in [0, 0.1) is 17.8 Å². The Bertz CT molecular complexity index is 405. The summed E-state index contributed by atoms with van der Waals surface area (Å²) in [6.45, 7) is 12.7. The summed E-state index contributed by atoms with van der Waals surface area (Å²) in [6.07, 6.45) is 16.6. The van der Waals surface area contributed by atoms with Gasteiger partial charge in [-0.15, -0.1) is 0 Å². The summed E-state index contributed by atoms with van der Waals surface area (Å²) >= 11 is 0. The maximum absolute atomic E-state index is 6.35. The second-order valence-corrected chi connectivity index (χ2v) is 9.28. The van der Waals surface area contributed by atoms with E-state index in [-0.39, 0.29) is 0 Å². The lowest BCUT2D eigenvalue weighted by molar-refractivity contribution is -0.269. The topological polar surface area (TPSA) is 31.0 Å². The Hall–Kier alpha value is -0.120. The average Bonchev–Trinajstić information content (AvgIpc) is 3.48. The van der Waals surface area contributed by atoms with Gasteiger partial charge in [0, 0.05) is 19.1 Å². The molecule has 0 spiro atoms. The monoisotopic (exact) mass is 396 g/mol. The van der Waals surface area contributed by atoms with Crippen molar-refractivity contribution in [2.24, 2.45) is 17.8 Å². The quantitative estimate of drug-likeness (QED) is 0.158. The zero-order chi connectivity index (χ0) is 20.4. The predicted molar refractivity (Wildman–Crippen MR) is 118 cm³/mol. The zero-order valence-corrected chi connectivity index (χ0v) is 19.5. The van der Waals surface area contributed by atoms with Crippen LogP contribution in [0.5, 0.6) is 0 Å². The van der Waals surface area contributed by atoms with Crippen molar-refractivity contribution in [3.05, 3.63) is 0 Å². The minimum atomic E-state index is -0.394. The first-order chi connectivity index (χ1) is 13.6. The number of ether oxygens (including phenoxy) is 3. The molecule has 1 aliphatic heterocycles. The Balaban J connectivity index is 1.96. The molecule has 2 fully saturated rings. The van der Waals surface area contributed by atoms with Gasteiger partial charge in [-0.1, -0.05) is 59.3 Å². The van der Waals surface area contributed by atoms with Crippen molar-refractivity contribution in [2.75, 3.05) is 13.2 Å². The third-order valence-corrected chi connectivity index (χ3v) is 7.30. The van der Waals surface area contributed by atoms with E-state index in [1.165, 1.54) is 70.6 Å². The van der Waals surface area contributed by atoms with Gasteiger partial charge in [-0.05, 0) is 64.2 Å². The summed E-state index contributed by atoms with van der Waals surface area (Å²) in [5.74, 6) is 1.64. The highest BCUT2D eigenvalue weighted by atomic mass is 16.7. The largest absolute Gasteiger partial charge is 0.370 e. The maximum atomic E-state index is 6.35. The average molecular weight is 397 g/mol. The summed E-state index contributed by atoms with van der Waals surface area (Å²) in [6, 6.07) is 0. The van der Waals surface area contributed by atoms with Gasteiger partial charge >= 0.3 is 0 Å². The highest BCUT2D eigenvalue weighted by Gasteiger charge is 2.46. The van der Waals surface area contributed by atoms with E-state index < -0.39 is 5.79 Å². The molecule has 0 aromatic rings. The van der Waals surface area contributed by atoms with E-state index >= 15 is 0 Å². The molecule has 0 bridgehead atoms. The van der Waals surface area contributed by atoms with Gasteiger partial charge in [-0.3, -0.25) is 0 Å². The Morgan fingerprint density at radius 1 is 0.893 bits per heavy atom. The van der Waals surface area contributed by atoms with E-state index in [2.05, 4.69) is 34.6 Å². The molecule has 2 rings (SSSR count). The first kappa shape index (κ1) is 24.2. The van der Waals surface area contributed by atoms with Crippen molar-refractivity contribution in [1.29, 1.82) is 0 Å². The van der Waals surface area contributed by atoms with Crippen molar-refractivity contribution >= 4 is 0 Å². The lowest BCUT2D eigenvalue weighted by Gasteiger charge is -2.42. The van der Waals surface area contributed by atoms with Crippen LogP contribution in [0.3, 0.4) is 0 Å². The summed E-state index contributed by atoms with van der Waals surface area (Å²) in [5.41, 5.74) is 0. The molecule has 3 heteroatoms. The molecule has 0 aromatic heterocycles. The number of fused-ring (bicyclic) bond motifs is 1. The van der Waals surface area contributed by atoms with E-state index in [0.29, 0.717) is 18.1 Å². The fourth-order valence-corrected chi connectivity index (χ4v) is 5.54. The minimum absolute atomic E-state index is 0.394. The van der Waals surface area contributed by atoms with E-state index in [9.17, 15) is 0 Å². The Morgan fingerprint density at radius 2 is 1.57 bits per heavy atom. The summed E-state index contributed by atoms with van der Waals surface area (Å²) in [7, 11) is 0. The van der Waals surface area contributed by atoms with Gasteiger partial charge in [0.05, 0.1) is 12.2 Å². The lowest BCUT2D eigenvalue weighted by Crippen LogP contribution is -2.44. The number of epoxide rings is 1. The highest BCUT2D eigenvalue weighted by Crippen LogP contribution is 2.45. The number of hydrogen-bond donors (Lipinski definition) is 0. The first-order valence-corrected chi connectivity index (χ1v) is 12.5. The van der Waals surface area contributed by atoms with Crippen molar-refractivity contribution < 1.29 is 14.2 Å². The summed E-state index contributed by atoms with van der Waals surface area (Å²) in [4.78, 5) is 0. The van der Waals surface area contributed by atoms with Gasteiger partial charge < -0.3 is 14.2 Å². The lowest BCUT2D eigenvalue weighted by atomic mass is 9.74. The molecule has 0 aromatic carbocycles. The molecule has 5 unspecified atom stereocenters. The molecule has 1 heterocycles. The highest BCUT2D eigenvalue weighted by molar-refractivity contribution is 4.94. The summed E-state index contributed by atoms with van der Waals surface area (Å²) < 4.78 is 18.5. The van der Waals surface area contributed by atoms with Crippen LogP contribution in [0.1, 0.15) is 112 Å². The van der Waals surface area contributed by atoms with Crippen LogP contribution in [-0.4, -0.2) is 31.2 Å². The minimum Gasteiger partial charge on any atom is -0.370 e. The molecule has 0 N–H and O–H groups in total. The Labute approximate surface area is 175 Å². The van der Waals surface area contributed by atoms with Crippen LogP contribution in [0.15, 0.2) is 0 Å². The van der Waals surface area contributed by atoms with Gasteiger partial charge in [-0.25, -0.2) is 0 Å². The van der Waals surface area contributed by atoms with Gasteiger partial charge in [0.15, 0.2) is 5.79 Å². The molecule has 0 radical (unpaired) electrons. The molecule has 5 atom stereocenters. The van der Waals surface area contributed by atoms with Crippen LogP contribution < -0.4 is 0 Å². The SMILES string of the molecule is CCCCCCCCC(CC(C)C1CCC2OC2C1)C(CC)(OCC)OCC. The fraction of sp³-hybridized carbons (Fsp3) is 1.00. The molecule has 28 heavy (non-hydrogen) atoms. The van der Waals surface area contributed by atoms with E-state index in [1.807, 2.05) is 0 Å². The predicted octanol–water partition coefficient (Wildman–Crippen LogP) is 7.13. The van der Waals surface area contributed by atoms with Gasteiger partial charge in [0.2, 0.25) is 0 Å². The normalized spacial score (nSPS) is 26.7. The molecule has 166 valence electrons. The second-order valence-electron chi connectivity index (χ2n) is 9.28. The van der Waals surface area contributed by atoms with E-state index in [1.54, 1.807) is 0 Å². The molecule has 1 saturated carbocycles.